The molecule has 4 rings (SSSR count). The molecule has 1 aliphatic rings. The van der Waals surface area contributed by atoms with Gasteiger partial charge in [0, 0.05) is 30.3 Å². The lowest BCUT2D eigenvalue weighted by Gasteiger charge is -2.30. The fourth-order valence-electron chi connectivity index (χ4n) is 3.72. The van der Waals surface area contributed by atoms with Crippen LogP contribution in [0.25, 0.3) is 11.4 Å². The molecule has 1 aromatic heterocycles. The van der Waals surface area contributed by atoms with Gasteiger partial charge in [-0.2, -0.15) is 4.31 Å². The number of nitrogens with one attached hydrogen (secondary N) is 2. The fourth-order valence-corrected chi connectivity index (χ4v) is 5.19. The van der Waals surface area contributed by atoms with Crippen LogP contribution in [0.5, 0.6) is 5.75 Å². The molecule has 0 saturated carbocycles. The fraction of sp³-hybridized carbons (Fsp3) is 0.318. The molecule has 0 unspecified atom stereocenters. The summed E-state index contributed by atoms with van der Waals surface area (Å²) in [5.41, 5.74) is 1.14. The minimum Gasteiger partial charge on any atom is -0.494 e. The molecule has 1 aliphatic heterocycles. The topological polar surface area (TPSA) is 135 Å². The molecule has 1 saturated heterocycles. The van der Waals surface area contributed by atoms with Crippen molar-refractivity contribution < 1.29 is 22.5 Å². The van der Waals surface area contributed by atoms with Crippen LogP contribution in [0.2, 0.25) is 0 Å². The minimum atomic E-state index is -3.63. The van der Waals surface area contributed by atoms with Crippen molar-refractivity contribution in [2.24, 2.45) is 5.92 Å². The van der Waals surface area contributed by atoms with Gasteiger partial charge in [-0.3, -0.25) is 14.3 Å². The summed E-state index contributed by atoms with van der Waals surface area (Å²) >= 11 is 0. The highest BCUT2D eigenvalue weighted by molar-refractivity contribution is 7.89. The molecule has 0 bridgehead atoms. The van der Waals surface area contributed by atoms with Crippen molar-refractivity contribution in [3.63, 3.8) is 0 Å². The monoisotopic (exact) mass is 472 g/mol. The van der Waals surface area contributed by atoms with Crippen molar-refractivity contribution >= 4 is 21.6 Å². The van der Waals surface area contributed by atoms with Crippen molar-refractivity contribution in [3.8, 4) is 17.1 Å². The van der Waals surface area contributed by atoms with Crippen LogP contribution in [0.15, 0.2) is 62.7 Å². The largest absolute Gasteiger partial charge is 0.494 e. The molecule has 174 valence electrons. The highest BCUT2D eigenvalue weighted by Crippen LogP contribution is 2.26. The quantitative estimate of drug-likeness (QED) is 0.539. The standard InChI is InChI=1S/C22H24N4O6S/c1-2-31-18-6-8-19(9-7-18)33(29,30)26-12-10-15(11-13-26)21(27)23-17-5-3-4-16(14-17)20-24-22(28)32-25-20/h3-9,14-15H,2,10-13H2,1H3,(H,23,27)(H,24,25,28). The lowest BCUT2D eigenvalue weighted by atomic mass is 9.97. The number of sulfonamides is 1. The van der Waals surface area contributed by atoms with Gasteiger partial charge in [0.1, 0.15) is 5.75 Å². The lowest BCUT2D eigenvalue weighted by Crippen LogP contribution is -2.41. The van der Waals surface area contributed by atoms with Gasteiger partial charge in [0.15, 0.2) is 5.82 Å². The smallest absolute Gasteiger partial charge is 0.439 e. The Morgan fingerprint density at radius 3 is 2.58 bits per heavy atom. The predicted molar refractivity (Wildman–Crippen MR) is 120 cm³/mol. The van der Waals surface area contributed by atoms with Gasteiger partial charge in [-0.05, 0) is 56.2 Å². The average molecular weight is 473 g/mol. The van der Waals surface area contributed by atoms with Gasteiger partial charge >= 0.3 is 5.76 Å². The number of nitrogens with zero attached hydrogens (tertiary/aromatic N) is 2. The number of piperidine rings is 1. The summed E-state index contributed by atoms with van der Waals surface area (Å²) in [4.78, 5) is 26.6. The normalized spacial score (nSPS) is 15.3. The Morgan fingerprint density at radius 1 is 1.21 bits per heavy atom. The first-order valence-corrected chi connectivity index (χ1v) is 12.0. The Bertz CT molecular complexity index is 1270. The van der Waals surface area contributed by atoms with E-state index in [4.69, 9.17) is 4.74 Å². The second kappa shape index (κ2) is 9.59. The van der Waals surface area contributed by atoms with E-state index >= 15 is 0 Å². The highest BCUT2D eigenvalue weighted by Gasteiger charge is 2.32. The number of ether oxygens (including phenoxy) is 1. The molecule has 0 aliphatic carbocycles. The Labute approximate surface area is 190 Å². The lowest BCUT2D eigenvalue weighted by molar-refractivity contribution is -0.120. The second-order valence-corrected chi connectivity index (χ2v) is 9.53. The number of aromatic amines is 1. The van der Waals surface area contributed by atoms with Crippen molar-refractivity contribution in [2.75, 3.05) is 25.0 Å². The number of rotatable bonds is 7. The summed E-state index contributed by atoms with van der Waals surface area (Å²) in [6.07, 6.45) is 0.830. The van der Waals surface area contributed by atoms with Crippen LogP contribution in [0, 0.1) is 5.92 Å². The number of benzene rings is 2. The van der Waals surface area contributed by atoms with E-state index in [2.05, 4.69) is 20.0 Å². The third-order valence-corrected chi connectivity index (χ3v) is 7.35. The Morgan fingerprint density at radius 2 is 1.94 bits per heavy atom. The SMILES string of the molecule is CCOc1ccc(S(=O)(=O)N2CCC(C(=O)Nc3cccc(-c4noc(=O)[nH]4)c3)CC2)cc1. The number of hydrogen-bond donors (Lipinski definition) is 2. The van der Waals surface area contributed by atoms with Gasteiger partial charge in [-0.1, -0.05) is 17.3 Å². The molecular formula is C22H24N4O6S. The maximum Gasteiger partial charge on any atom is 0.439 e. The molecule has 0 atom stereocenters. The van der Waals surface area contributed by atoms with Crippen LogP contribution in [0.1, 0.15) is 19.8 Å². The first kappa shape index (κ1) is 22.7. The number of amides is 1. The number of carbonyl (C=O) groups is 1. The molecule has 2 aromatic carbocycles. The van der Waals surface area contributed by atoms with Gasteiger partial charge in [-0.25, -0.2) is 13.2 Å². The van der Waals surface area contributed by atoms with Gasteiger partial charge < -0.3 is 10.1 Å². The molecule has 11 heteroatoms. The van der Waals surface area contributed by atoms with Crippen molar-refractivity contribution in [1.29, 1.82) is 0 Å². The van der Waals surface area contributed by atoms with Crippen molar-refractivity contribution in [2.45, 2.75) is 24.7 Å². The first-order chi connectivity index (χ1) is 15.9. The zero-order chi connectivity index (χ0) is 23.4. The Balaban J connectivity index is 1.36. The minimum absolute atomic E-state index is 0.182. The maximum atomic E-state index is 12.9. The average Bonchev–Trinajstić information content (AvgIpc) is 3.26. The summed E-state index contributed by atoms with van der Waals surface area (Å²) in [7, 11) is -3.63. The molecule has 0 radical (unpaired) electrons. The van der Waals surface area contributed by atoms with Crippen LogP contribution in [0.4, 0.5) is 5.69 Å². The van der Waals surface area contributed by atoms with Gasteiger partial charge in [0.2, 0.25) is 15.9 Å². The number of H-pyrrole nitrogens is 1. The Hall–Kier alpha value is -3.44. The number of aromatic nitrogens is 2. The van der Waals surface area contributed by atoms with Crippen LogP contribution in [0.3, 0.4) is 0 Å². The Kier molecular flexibility index (Phi) is 6.61. The van der Waals surface area contributed by atoms with Gasteiger partial charge in [0.25, 0.3) is 0 Å². The van der Waals surface area contributed by atoms with E-state index in [0.717, 1.165) is 0 Å². The second-order valence-electron chi connectivity index (χ2n) is 7.60. The van der Waals surface area contributed by atoms with E-state index in [1.807, 2.05) is 6.92 Å². The first-order valence-electron chi connectivity index (χ1n) is 10.6. The van der Waals surface area contributed by atoms with Crippen molar-refractivity contribution in [1.82, 2.24) is 14.4 Å². The molecule has 3 aromatic rings. The van der Waals surface area contributed by atoms with E-state index in [-0.39, 0.29) is 35.6 Å². The van der Waals surface area contributed by atoms with Crippen LogP contribution >= 0.6 is 0 Å². The molecule has 0 spiro atoms. The maximum absolute atomic E-state index is 12.9. The third kappa shape index (κ3) is 5.15. The molecule has 2 N–H and O–H groups in total. The summed E-state index contributed by atoms with van der Waals surface area (Å²) in [5.74, 6) is -0.271. The number of anilines is 1. The highest BCUT2D eigenvalue weighted by atomic mass is 32.2. The molecule has 2 heterocycles. The number of carbonyl (C=O) groups excluding carboxylic acids is 1. The summed E-state index contributed by atoms with van der Waals surface area (Å²) < 4.78 is 37.2. The van der Waals surface area contributed by atoms with E-state index in [0.29, 0.717) is 36.4 Å². The van der Waals surface area contributed by atoms with E-state index in [9.17, 15) is 18.0 Å². The molecule has 1 fully saturated rings. The number of hydrogen-bond acceptors (Lipinski definition) is 7. The summed E-state index contributed by atoms with van der Waals surface area (Å²) in [6.45, 7) is 2.88. The van der Waals surface area contributed by atoms with E-state index in [1.54, 1.807) is 36.4 Å². The molecule has 33 heavy (non-hydrogen) atoms. The zero-order valence-electron chi connectivity index (χ0n) is 18.0. The van der Waals surface area contributed by atoms with E-state index in [1.165, 1.54) is 16.4 Å². The predicted octanol–water partition coefficient (Wildman–Crippen LogP) is 2.47. The van der Waals surface area contributed by atoms with Gasteiger partial charge in [0.05, 0.1) is 11.5 Å². The third-order valence-electron chi connectivity index (χ3n) is 5.44. The van der Waals surface area contributed by atoms with Crippen LogP contribution in [-0.2, 0) is 14.8 Å². The van der Waals surface area contributed by atoms with E-state index < -0.39 is 15.8 Å². The molecule has 1 amide bonds. The molecule has 10 nitrogen and oxygen atoms in total. The van der Waals surface area contributed by atoms with Crippen LogP contribution in [-0.4, -0.2) is 48.5 Å². The van der Waals surface area contributed by atoms with Crippen LogP contribution < -0.4 is 15.8 Å². The van der Waals surface area contributed by atoms with Gasteiger partial charge in [-0.15, -0.1) is 0 Å². The summed E-state index contributed by atoms with van der Waals surface area (Å²) in [5, 5.41) is 6.50. The summed E-state index contributed by atoms with van der Waals surface area (Å²) in [6, 6.07) is 13.2. The zero-order valence-corrected chi connectivity index (χ0v) is 18.8. The van der Waals surface area contributed by atoms with Crippen molar-refractivity contribution in [3.05, 3.63) is 59.1 Å². The molecular weight excluding hydrogens is 448 g/mol.